The molecule has 1 aromatic carbocycles. The van der Waals surface area contributed by atoms with E-state index >= 15 is 0 Å². The fourth-order valence-electron chi connectivity index (χ4n) is 2.41. The van der Waals surface area contributed by atoms with Crippen LogP contribution in [0.5, 0.6) is 5.75 Å². The third-order valence-electron chi connectivity index (χ3n) is 3.73. The van der Waals surface area contributed by atoms with Gasteiger partial charge in [-0.2, -0.15) is 0 Å². The molecule has 0 unspecified atom stereocenters. The lowest BCUT2D eigenvalue weighted by atomic mass is 10.1. The van der Waals surface area contributed by atoms with E-state index < -0.39 is 0 Å². The van der Waals surface area contributed by atoms with Crippen LogP contribution in [-0.4, -0.2) is 32.1 Å². The first-order valence-electron chi connectivity index (χ1n) is 8.09. The Morgan fingerprint density at radius 1 is 1.36 bits per heavy atom. The number of carbonyl (C=O) groups excluding carboxylic acids is 1. The smallest absolute Gasteiger partial charge is 0.220 e. The van der Waals surface area contributed by atoms with Crippen LogP contribution in [0.15, 0.2) is 35.9 Å². The van der Waals surface area contributed by atoms with Gasteiger partial charge >= 0.3 is 0 Å². The maximum Gasteiger partial charge on any atom is 0.220 e. The molecule has 0 aromatic heterocycles. The highest BCUT2D eigenvalue weighted by molar-refractivity contribution is 5.76. The lowest BCUT2D eigenvalue weighted by Crippen LogP contribution is -2.29. The van der Waals surface area contributed by atoms with E-state index in [1.54, 1.807) is 0 Å². The molecule has 22 heavy (non-hydrogen) atoms. The van der Waals surface area contributed by atoms with Gasteiger partial charge in [-0.05, 0) is 50.4 Å². The third-order valence-corrected chi connectivity index (χ3v) is 3.73. The second kappa shape index (κ2) is 9.26. The molecule has 0 saturated heterocycles. The summed E-state index contributed by atoms with van der Waals surface area (Å²) in [6.45, 7) is 5.34. The van der Waals surface area contributed by atoms with Gasteiger partial charge in [-0.3, -0.25) is 4.79 Å². The summed E-state index contributed by atoms with van der Waals surface area (Å²) in [6.07, 6.45) is 5.53. The zero-order valence-corrected chi connectivity index (χ0v) is 13.4. The van der Waals surface area contributed by atoms with E-state index in [2.05, 4.69) is 29.7 Å². The summed E-state index contributed by atoms with van der Waals surface area (Å²) in [4.78, 5) is 11.8. The molecule has 1 aliphatic heterocycles. The van der Waals surface area contributed by atoms with Crippen LogP contribution in [0.2, 0.25) is 0 Å². The molecule has 4 nitrogen and oxygen atoms in total. The number of aryl methyl sites for hydroxylation is 1. The molecule has 0 radical (unpaired) electrons. The molecule has 4 heteroatoms. The molecule has 0 fully saturated rings. The highest BCUT2D eigenvalue weighted by Gasteiger charge is 2.05. The van der Waals surface area contributed by atoms with Crippen molar-refractivity contribution in [2.75, 3.05) is 26.2 Å². The Labute approximate surface area is 132 Å². The number of hydrogen-bond acceptors (Lipinski definition) is 3. The first-order valence-corrected chi connectivity index (χ1v) is 8.09. The summed E-state index contributed by atoms with van der Waals surface area (Å²) in [5, 5.41) is 6.26. The van der Waals surface area contributed by atoms with Gasteiger partial charge in [0.25, 0.3) is 0 Å². The van der Waals surface area contributed by atoms with Crippen molar-refractivity contribution in [3.8, 4) is 5.75 Å². The zero-order valence-electron chi connectivity index (χ0n) is 13.4. The third kappa shape index (κ3) is 6.31. The summed E-state index contributed by atoms with van der Waals surface area (Å²) in [5.74, 6) is 1.04. The minimum Gasteiger partial charge on any atom is -0.494 e. The molecule has 0 atom stereocenters. The largest absolute Gasteiger partial charge is 0.494 e. The monoisotopic (exact) mass is 302 g/mol. The normalized spacial score (nSPS) is 14.3. The summed E-state index contributed by atoms with van der Waals surface area (Å²) in [7, 11) is 0. The molecular weight excluding hydrogens is 276 g/mol. The number of hydrogen-bond donors (Lipinski definition) is 2. The molecular formula is C18H26N2O2. The van der Waals surface area contributed by atoms with Crippen molar-refractivity contribution in [1.82, 2.24) is 10.6 Å². The SMILES string of the molecule is Cc1cccc(OCCCCC(=O)NCC2=CCNCC2)c1. The van der Waals surface area contributed by atoms with E-state index in [1.165, 1.54) is 11.1 Å². The predicted molar refractivity (Wildman–Crippen MR) is 89.1 cm³/mol. The van der Waals surface area contributed by atoms with Gasteiger partial charge in [0.05, 0.1) is 6.61 Å². The maximum atomic E-state index is 11.8. The topological polar surface area (TPSA) is 50.4 Å². The average molecular weight is 302 g/mol. The molecule has 0 saturated carbocycles. The number of benzene rings is 1. The Morgan fingerprint density at radius 3 is 3.05 bits per heavy atom. The van der Waals surface area contributed by atoms with Crippen LogP contribution in [0.1, 0.15) is 31.2 Å². The Morgan fingerprint density at radius 2 is 2.27 bits per heavy atom. The van der Waals surface area contributed by atoms with Gasteiger partial charge in [-0.1, -0.05) is 23.8 Å². The summed E-state index contributed by atoms with van der Waals surface area (Å²) in [5.41, 5.74) is 2.53. The minimum atomic E-state index is 0.134. The van der Waals surface area contributed by atoms with Crippen molar-refractivity contribution in [3.05, 3.63) is 41.5 Å². The highest BCUT2D eigenvalue weighted by Crippen LogP contribution is 2.12. The molecule has 0 aliphatic carbocycles. The van der Waals surface area contributed by atoms with Gasteiger partial charge in [0.15, 0.2) is 0 Å². The van der Waals surface area contributed by atoms with Gasteiger partial charge in [-0.15, -0.1) is 0 Å². The van der Waals surface area contributed by atoms with Crippen LogP contribution in [0.4, 0.5) is 0 Å². The van der Waals surface area contributed by atoms with Gasteiger partial charge in [-0.25, -0.2) is 0 Å². The van der Waals surface area contributed by atoms with Crippen LogP contribution in [-0.2, 0) is 4.79 Å². The first kappa shape index (κ1) is 16.6. The van der Waals surface area contributed by atoms with E-state index in [0.29, 0.717) is 19.6 Å². The number of nitrogens with one attached hydrogen (secondary N) is 2. The second-order valence-corrected chi connectivity index (χ2v) is 5.72. The molecule has 0 spiro atoms. The summed E-state index contributed by atoms with van der Waals surface area (Å²) < 4.78 is 5.68. The number of carbonyl (C=O) groups is 1. The number of rotatable bonds is 8. The summed E-state index contributed by atoms with van der Waals surface area (Å²) in [6, 6.07) is 8.04. The quantitative estimate of drug-likeness (QED) is 0.573. The van der Waals surface area contributed by atoms with Crippen LogP contribution in [0.3, 0.4) is 0 Å². The van der Waals surface area contributed by atoms with E-state index in [-0.39, 0.29) is 5.91 Å². The lowest BCUT2D eigenvalue weighted by molar-refractivity contribution is -0.121. The van der Waals surface area contributed by atoms with Crippen molar-refractivity contribution >= 4 is 5.91 Å². The molecule has 2 N–H and O–H groups in total. The Bertz CT molecular complexity index is 512. The molecule has 0 bridgehead atoms. The molecule has 2 rings (SSSR count). The number of unbranched alkanes of at least 4 members (excludes halogenated alkanes) is 1. The van der Waals surface area contributed by atoms with Crippen LogP contribution in [0.25, 0.3) is 0 Å². The molecule has 1 aliphatic rings. The number of ether oxygens (including phenoxy) is 1. The fraction of sp³-hybridized carbons (Fsp3) is 0.500. The Balaban J connectivity index is 1.52. The molecule has 120 valence electrons. The summed E-state index contributed by atoms with van der Waals surface area (Å²) >= 11 is 0. The lowest BCUT2D eigenvalue weighted by Gasteiger charge is -2.14. The van der Waals surface area contributed by atoms with E-state index in [9.17, 15) is 4.79 Å². The maximum absolute atomic E-state index is 11.8. The van der Waals surface area contributed by atoms with E-state index in [0.717, 1.165) is 38.1 Å². The van der Waals surface area contributed by atoms with Crippen LogP contribution in [0, 0.1) is 6.92 Å². The average Bonchev–Trinajstić information content (AvgIpc) is 2.54. The zero-order chi connectivity index (χ0) is 15.6. The standard InChI is InChI=1S/C18H26N2O2/c1-15-5-4-6-17(13-15)22-12-3-2-7-18(21)20-14-16-8-10-19-11-9-16/h4-6,8,13,19H,2-3,7,9-12,14H2,1H3,(H,20,21). The van der Waals surface area contributed by atoms with Gasteiger partial charge in [0, 0.05) is 19.5 Å². The van der Waals surface area contributed by atoms with Gasteiger partial charge in [0.1, 0.15) is 5.75 Å². The van der Waals surface area contributed by atoms with Crippen molar-refractivity contribution < 1.29 is 9.53 Å². The van der Waals surface area contributed by atoms with E-state index in [1.807, 2.05) is 18.2 Å². The highest BCUT2D eigenvalue weighted by atomic mass is 16.5. The van der Waals surface area contributed by atoms with Crippen LogP contribution < -0.4 is 15.4 Å². The van der Waals surface area contributed by atoms with Gasteiger partial charge in [0.2, 0.25) is 5.91 Å². The molecule has 1 amide bonds. The fourth-order valence-corrected chi connectivity index (χ4v) is 2.41. The van der Waals surface area contributed by atoms with Crippen LogP contribution >= 0.6 is 0 Å². The first-order chi connectivity index (χ1) is 10.7. The van der Waals surface area contributed by atoms with Crippen molar-refractivity contribution in [3.63, 3.8) is 0 Å². The second-order valence-electron chi connectivity index (χ2n) is 5.72. The Kier molecular flexibility index (Phi) is 6.97. The molecule has 1 heterocycles. The van der Waals surface area contributed by atoms with Crippen molar-refractivity contribution in [2.24, 2.45) is 0 Å². The van der Waals surface area contributed by atoms with Gasteiger partial charge < -0.3 is 15.4 Å². The van der Waals surface area contributed by atoms with E-state index in [4.69, 9.17) is 4.74 Å². The minimum absolute atomic E-state index is 0.134. The number of amides is 1. The van der Waals surface area contributed by atoms with Crippen molar-refractivity contribution in [1.29, 1.82) is 0 Å². The molecule has 1 aromatic rings. The Hall–Kier alpha value is -1.81. The van der Waals surface area contributed by atoms with Crippen molar-refractivity contribution in [2.45, 2.75) is 32.6 Å². The predicted octanol–water partition coefficient (Wildman–Crippen LogP) is 2.58.